The van der Waals surface area contributed by atoms with E-state index in [0.29, 0.717) is 22.9 Å². The normalized spacial score (nSPS) is 18.0. The molecule has 2 aliphatic rings. The summed E-state index contributed by atoms with van der Waals surface area (Å²) in [5.74, 6) is -0.786. The molecule has 0 aromatic carbocycles. The Balaban J connectivity index is 1.85. The summed E-state index contributed by atoms with van der Waals surface area (Å²) in [7, 11) is 1.45. The maximum absolute atomic E-state index is 12.3. The Labute approximate surface area is 137 Å². The number of rotatable bonds is 4. The molecule has 4 rings (SSSR count). The second-order valence-corrected chi connectivity index (χ2v) is 6.29. The number of hydrogen-bond acceptors (Lipinski definition) is 4. The van der Waals surface area contributed by atoms with E-state index in [1.54, 1.807) is 10.6 Å². The minimum Gasteiger partial charge on any atom is -0.481 e. The first-order valence-corrected chi connectivity index (χ1v) is 7.75. The zero-order valence-electron chi connectivity index (χ0n) is 13.1. The number of carboxylic acid groups (broad SMARTS) is 1. The summed E-state index contributed by atoms with van der Waals surface area (Å²) in [4.78, 5) is 42.0. The SMILES string of the molecule is CN1C(=O)CN(c2cc(C3CC3)cn3cc(CC(=O)O)nc23)C1=O. The van der Waals surface area contributed by atoms with E-state index >= 15 is 0 Å². The average Bonchev–Trinajstić information content (AvgIpc) is 3.25. The fourth-order valence-electron chi connectivity index (χ4n) is 3.02. The number of carbonyl (C=O) groups excluding carboxylic acids is 2. The van der Waals surface area contributed by atoms with Gasteiger partial charge < -0.3 is 9.51 Å². The van der Waals surface area contributed by atoms with Gasteiger partial charge in [0.2, 0.25) is 5.91 Å². The van der Waals surface area contributed by atoms with Crippen molar-refractivity contribution in [2.24, 2.45) is 0 Å². The predicted molar refractivity (Wildman–Crippen MR) is 84.0 cm³/mol. The van der Waals surface area contributed by atoms with Gasteiger partial charge in [-0.05, 0) is 30.4 Å². The second-order valence-electron chi connectivity index (χ2n) is 6.29. The van der Waals surface area contributed by atoms with Gasteiger partial charge in [0.05, 0.1) is 17.8 Å². The van der Waals surface area contributed by atoms with Crippen LogP contribution in [0.5, 0.6) is 0 Å². The predicted octanol–water partition coefficient (Wildman–Crippen LogP) is 1.24. The highest BCUT2D eigenvalue weighted by molar-refractivity contribution is 6.13. The quantitative estimate of drug-likeness (QED) is 0.852. The van der Waals surface area contributed by atoms with Crippen molar-refractivity contribution < 1.29 is 19.5 Å². The Kier molecular flexibility index (Phi) is 3.09. The third-order valence-corrected chi connectivity index (χ3v) is 4.46. The van der Waals surface area contributed by atoms with Crippen LogP contribution in [0.1, 0.15) is 30.0 Å². The Bertz CT molecular complexity index is 884. The molecule has 1 aliphatic heterocycles. The lowest BCUT2D eigenvalue weighted by Gasteiger charge is -2.17. The van der Waals surface area contributed by atoms with Crippen LogP contribution in [-0.2, 0) is 16.0 Å². The maximum atomic E-state index is 12.3. The fourth-order valence-corrected chi connectivity index (χ4v) is 3.02. The molecule has 8 nitrogen and oxygen atoms in total. The first-order chi connectivity index (χ1) is 11.4. The van der Waals surface area contributed by atoms with Crippen LogP contribution in [0.4, 0.5) is 10.5 Å². The van der Waals surface area contributed by atoms with Crippen LogP contribution in [0.15, 0.2) is 18.5 Å². The highest BCUT2D eigenvalue weighted by Crippen LogP contribution is 2.42. The molecule has 1 aliphatic carbocycles. The van der Waals surface area contributed by atoms with Crippen LogP contribution in [-0.4, -0.2) is 50.9 Å². The number of amides is 3. The summed E-state index contributed by atoms with van der Waals surface area (Å²) >= 11 is 0. The van der Waals surface area contributed by atoms with Gasteiger partial charge >= 0.3 is 12.0 Å². The molecule has 0 atom stereocenters. The molecule has 0 bridgehead atoms. The number of imidazole rings is 1. The molecule has 1 saturated heterocycles. The largest absolute Gasteiger partial charge is 0.481 e. The number of carbonyl (C=O) groups is 3. The van der Waals surface area contributed by atoms with Crippen molar-refractivity contribution in [1.29, 1.82) is 0 Å². The van der Waals surface area contributed by atoms with E-state index in [0.717, 1.165) is 23.3 Å². The van der Waals surface area contributed by atoms with Crippen molar-refractivity contribution in [2.75, 3.05) is 18.5 Å². The summed E-state index contributed by atoms with van der Waals surface area (Å²) in [6.07, 6.45) is 5.60. The molecule has 24 heavy (non-hydrogen) atoms. The summed E-state index contributed by atoms with van der Waals surface area (Å²) in [6, 6.07) is 1.51. The zero-order valence-corrected chi connectivity index (χ0v) is 13.1. The van der Waals surface area contributed by atoms with Crippen LogP contribution >= 0.6 is 0 Å². The number of aliphatic carboxylic acids is 1. The number of carboxylic acids is 1. The number of aromatic nitrogens is 2. The Morgan fingerprint density at radius 1 is 1.33 bits per heavy atom. The van der Waals surface area contributed by atoms with Gasteiger partial charge in [-0.3, -0.25) is 19.4 Å². The molecular weight excluding hydrogens is 312 g/mol. The molecule has 0 radical (unpaired) electrons. The molecule has 3 amide bonds. The van der Waals surface area contributed by atoms with Crippen LogP contribution in [0.25, 0.3) is 5.65 Å². The fraction of sp³-hybridized carbons (Fsp3) is 0.375. The van der Waals surface area contributed by atoms with E-state index in [9.17, 15) is 14.4 Å². The highest BCUT2D eigenvalue weighted by atomic mass is 16.4. The highest BCUT2D eigenvalue weighted by Gasteiger charge is 2.36. The topological polar surface area (TPSA) is 95.2 Å². The smallest absolute Gasteiger partial charge is 0.331 e. The van der Waals surface area contributed by atoms with Crippen molar-refractivity contribution in [1.82, 2.24) is 14.3 Å². The van der Waals surface area contributed by atoms with Crippen LogP contribution in [0.3, 0.4) is 0 Å². The first-order valence-electron chi connectivity index (χ1n) is 7.75. The number of nitrogens with zero attached hydrogens (tertiary/aromatic N) is 4. The summed E-state index contributed by atoms with van der Waals surface area (Å²) in [5.41, 5.74) is 2.54. The van der Waals surface area contributed by atoms with Crippen LogP contribution in [0.2, 0.25) is 0 Å². The lowest BCUT2D eigenvalue weighted by molar-refractivity contribution is -0.136. The van der Waals surface area contributed by atoms with E-state index in [4.69, 9.17) is 5.11 Å². The minimum absolute atomic E-state index is 0.0275. The Hall–Kier alpha value is -2.90. The van der Waals surface area contributed by atoms with E-state index in [2.05, 4.69) is 4.98 Å². The molecule has 8 heteroatoms. The molecular formula is C16H16N4O4. The van der Waals surface area contributed by atoms with Crippen molar-refractivity contribution in [2.45, 2.75) is 25.2 Å². The third kappa shape index (κ3) is 2.31. The number of urea groups is 1. The molecule has 3 heterocycles. The van der Waals surface area contributed by atoms with E-state index in [-0.39, 0.29) is 18.9 Å². The van der Waals surface area contributed by atoms with Gasteiger partial charge in [-0.25, -0.2) is 9.78 Å². The van der Waals surface area contributed by atoms with Gasteiger partial charge in [-0.1, -0.05) is 0 Å². The zero-order chi connectivity index (χ0) is 17.0. The molecule has 0 unspecified atom stereocenters. The average molecular weight is 328 g/mol. The minimum atomic E-state index is -0.963. The second kappa shape index (κ2) is 5.05. The van der Waals surface area contributed by atoms with Crippen molar-refractivity contribution in [3.05, 3.63) is 29.7 Å². The van der Waals surface area contributed by atoms with Crippen molar-refractivity contribution >= 4 is 29.2 Å². The molecule has 2 aromatic heterocycles. The molecule has 0 spiro atoms. The molecule has 124 valence electrons. The number of anilines is 1. The summed E-state index contributed by atoms with van der Waals surface area (Å²) < 4.78 is 1.76. The number of imide groups is 1. The Morgan fingerprint density at radius 2 is 2.08 bits per heavy atom. The maximum Gasteiger partial charge on any atom is 0.331 e. The van der Waals surface area contributed by atoms with Gasteiger partial charge in [0.1, 0.15) is 6.54 Å². The van der Waals surface area contributed by atoms with E-state index in [1.165, 1.54) is 11.9 Å². The summed E-state index contributed by atoms with van der Waals surface area (Å²) in [5, 5.41) is 8.97. The first kappa shape index (κ1) is 14.7. The molecule has 1 N–H and O–H groups in total. The lowest BCUT2D eigenvalue weighted by Crippen LogP contribution is -2.30. The van der Waals surface area contributed by atoms with E-state index in [1.807, 2.05) is 12.3 Å². The number of likely N-dealkylation sites (N-methyl/N-ethyl adjacent to an activating group) is 1. The van der Waals surface area contributed by atoms with Crippen LogP contribution < -0.4 is 4.90 Å². The monoisotopic (exact) mass is 328 g/mol. The number of fused-ring (bicyclic) bond motifs is 1. The lowest BCUT2D eigenvalue weighted by atomic mass is 10.1. The van der Waals surface area contributed by atoms with Gasteiger partial charge in [0.15, 0.2) is 5.65 Å². The van der Waals surface area contributed by atoms with Gasteiger partial charge in [-0.15, -0.1) is 0 Å². The number of pyridine rings is 1. The van der Waals surface area contributed by atoms with Crippen molar-refractivity contribution in [3.8, 4) is 0 Å². The van der Waals surface area contributed by atoms with Gasteiger partial charge in [0, 0.05) is 19.4 Å². The van der Waals surface area contributed by atoms with E-state index < -0.39 is 12.0 Å². The Morgan fingerprint density at radius 3 is 2.67 bits per heavy atom. The molecule has 2 aromatic rings. The molecule has 2 fully saturated rings. The number of hydrogen-bond donors (Lipinski definition) is 1. The van der Waals surface area contributed by atoms with Crippen molar-refractivity contribution in [3.63, 3.8) is 0 Å². The van der Waals surface area contributed by atoms with Gasteiger partial charge in [-0.2, -0.15) is 0 Å². The standard InChI is InChI=1S/C16H16N4O4/c1-18-13(21)8-20(16(18)24)12-4-10(9-2-3-9)6-19-7-11(5-14(22)23)17-15(12)19/h4,6-7,9H,2-3,5,8H2,1H3,(H,22,23). The van der Waals surface area contributed by atoms with Gasteiger partial charge in [0.25, 0.3) is 0 Å². The van der Waals surface area contributed by atoms with Crippen LogP contribution in [0, 0.1) is 0 Å². The third-order valence-electron chi connectivity index (χ3n) is 4.46. The molecule has 1 saturated carbocycles. The summed E-state index contributed by atoms with van der Waals surface area (Å²) in [6.45, 7) is -0.0275.